The normalized spacial score (nSPS) is 13.3. The summed E-state index contributed by atoms with van der Waals surface area (Å²) in [6, 6.07) is 11.4. The van der Waals surface area contributed by atoms with Gasteiger partial charge in [-0.05, 0) is 48.4 Å². The molecule has 0 atom stereocenters. The first-order valence-electron chi connectivity index (χ1n) is 8.45. The predicted molar refractivity (Wildman–Crippen MR) is 105 cm³/mol. The first kappa shape index (κ1) is 19.4. The standard InChI is InChI=1S/C19H19ClN2O4S/c1-13(23)22-9-7-14-11-17(5-6-18(14)22)27(25,26)10-8-19(24)21-16-4-2-3-15(20)12-16/h2-6,11-12H,7-10H2,1H3,(H,21,24). The summed E-state index contributed by atoms with van der Waals surface area (Å²) >= 11 is 5.86. The number of halogens is 1. The van der Waals surface area contributed by atoms with E-state index in [4.69, 9.17) is 11.6 Å². The fourth-order valence-corrected chi connectivity index (χ4v) is 4.51. The Morgan fingerprint density at radius 2 is 1.96 bits per heavy atom. The molecule has 3 rings (SSSR count). The summed E-state index contributed by atoms with van der Waals surface area (Å²) in [7, 11) is -3.61. The van der Waals surface area contributed by atoms with Crippen LogP contribution in [-0.2, 0) is 25.8 Å². The van der Waals surface area contributed by atoms with Crippen molar-refractivity contribution in [1.82, 2.24) is 0 Å². The molecule has 0 aliphatic carbocycles. The van der Waals surface area contributed by atoms with E-state index in [1.165, 1.54) is 13.0 Å². The van der Waals surface area contributed by atoms with Gasteiger partial charge < -0.3 is 10.2 Å². The number of carbonyl (C=O) groups is 2. The van der Waals surface area contributed by atoms with Crippen LogP contribution in [0.4, 0.5) is 11.4 Å². The van der Waals surface area contributed by atoms with Crippen LogP contribution in [0.3, 0.4) is 0 Å². The van der Waals surface area contributed by atoms with Gasteiger partial charge in [-0.15, -0.1) is 0 Å². The minimum atomic E-state index is -3.61. The second-order valence-electron chi connectivity index (χ2n) is 6.34. The number of amides is 2. The van der Waals surface area contributed by atoms with E-state index in [0.717, 1.165) is 11.3 Å². The topological polar surface area (TPSA) is 83.6 Å². The lowest BCUT2D eigenvalue weighted by molar-refractivity contribution is -0.117. The second-order valence-corrected chi connectivity index (χ2v) is 8.88. The molecule has 0 saturated heterocycles. The highest BCUT2D eigenvalue weighted by molar-refractivity contribution is 7.91. The van der Waals surface area contributed by atoms with Crippen molar-refractivity contribution in [2.24, 2.45) is 0 Å². The molecule has 0 radical (unpaired) electrons. The molecular formula is C19H19ClN2O4S. The van der Waals surface area contributed by atoms with E-state index in [1.807, 2.05) is 0 Å². The molecule has 0 aromatic heterocycles. The van der Waals surface area contributed by atoms with E-state index in [-0.39, 0.29) is 23.0 Å². The van der Waals surface area contributed by atoms with Crippen LogP contribution in [0, 0.1) is 0 Å². The number of nitrogens with zero attached hydrogens (tertiary/aromatic N) is 1. The van der Waals surface area contributed by atoms with E-state index < -0.39 is 15.7 Å². The number of fused-ring (bicyclic) bond motifs is 1. The van der Waals surface area contributed by atoms with Crippen molar-refractivity contribution < 1.29 is 18.0 Å². The molecule has 8 heteroatoms. The third kappa shape index (κ3) is 4.48. The lowest BCUT2D eigenvalue weighted by Gasteiger charge is -2.15. The van der Waals surface area contributed by atoms with Crippen LogP contribution < -0.4 is 10.2 Å². The lowest BCUT2D eigenvalue weighted by Crippen LogP contribution is -2.25. The minimum Gasteiger partial charge on any atom is -0.326 e. The van der Waals surface area contributed by atoms with Crippen molar-refractivity contribution in [3.63, 3.8) is 0 Å². The van der Waals surface area contributed by atoms with Crippen LogP contribution in [0.15, 0.2) is 47.4 Å². The van der Waals surface area contributed by atoms with Gasteiger partial charge in [-0.3, -0.25) is 9.59 Å². The maximum Gasteiger partial charge on any atom is 0.225 e. The first-order chi connectivity index (χ1) is 12.8. The zero-order chi connectivity index (χ0) is 19.6. The zero-order valence-corrected chi connectivity index (χ0v) is 16.3. The summed E-state index contributed by atoms with van der Waals surface area (Å²) in [5.74, 6) is -0.763. The van der Waals surface area contributed by atoms with Crippen molar-refractivity contribution >= 4 is 44.6 Å². The molecule has 2 aromatic rings. The van der Waals surface area contributed by atoms with Crippen molar-refractivity contribution in [2.45, 2.75) is 24.7 Å². The Morgan fingerprint density at radius 3 is 2.67 bits per heavy atom. The van der Waals surface area contributed by atoms with Gasteiger partial charge in [-0.1, -0.05) is 17.7 Å². The second kappa shape index (κ2) is 7.70. The molecule has 0 fully saturated rings. The monoisotopic (exact) mass is 406 g/mol. The van der Waals surface area contributed by atoms with Crippen LogP contribution in [-0.4, -0.2) is 32.5 Å². The predicted octanol–water partition coefficient (Wildman–Crippen LogP) is 3.05. The van der Waals surface area contributed by atoms with Crippen LogP contribution in [0.1, 0.15) is 18.9 Å². The van der Waals surface area contributed by atoms with Crippen LogP contribution >= 0.6 is 11.6 Å². The number of carbonyl (C=O) groups excluding carboxylic acids is 2. The summed E-state index contributed by atoms with van der Waals surface area (Å²) < 4.78 is 25.2. The molecule has 1 aliphatic heterocycles. The maximum absolute atomic E-state index is 12.6. The number of anilines is 2. The smallest absolute Gasteiger partial charge is 0.225 e. The van der Waals surface area contributed by atoms with E-state index in [1.54, 1.807) is 41.3 Å². The molecule has 27 heavy (non-hydrogen) atoms. The van der Waals surface area contributed by atoms with Crippen molar-refractivity contribution in [3.8, 4) is 0 Å². The molecule has 2 aromatic carbocycles. The fraction of sp³-hybridized carbons (Fsp3) is 0.263. The van der Waals surface area contributed by atoms with Gasteiger partial charge in [-0.2, -0.15) is 0 Å². The van der Waals surface area contributed by atoms with E-state index >= 15 is 0 Å². The Balaban J connectivity index is 1.67. The van der Waals surface area contributed by atoms with E-state index in [2.05, 4.69) is 5.32 Å². The molecule has 1 aliphatic rings. The minimum absolute atomic E-state index is 0.0676. The number of rotatable bonds is 5. The fourth-order valence-electron chi connectivity index (χ4n) is 3.03. The lowest BCUT2D eigenvalue weighted by atomic mass is 10.2. The molecule has 1 heterocycles. The summed E-state index contributed by atoms with van der Waals surface area (Å²) in [4.78, 5) is 25.4. The van der Waals surface area contributed by atoms with Gasteiger partial charge in [0, 0.05) is 36.3 Å². The molecule has 0 saturated carbocycles. The van der Waals surface area contributed by atoms with Crippen molar-refractivity contribution in [2.75, 3.05) is 22.5 Å². The quantitative estimate of drug-likeness (QED) is 0.827. The van der Waals surface area contributed by atoms with Crippen molar-refractivity contribution in [1.29, 1.82) is 0 Å². The van der Waals surface area contributed by atoms with Crippen LogP contribution in [0.5, 0.6) is 0 Å². The number of nitrogens with one attached hydrogen (secondary N) is 1. The molecule has 0 bridgehead atoms. The number of hydrogen-bond acceptors (Lipinski definition) is 4. The van der Waals surface area contributed by atoms with Gasteiger partial charge in [-0.25, -0.2) is 8.42 Å². The number of hydrogen-bond donors (Lipinski definition) is 1. The highest BCUT2D eigenvalue weighted by Gasteiger charge is 2.25. The van der Waals surface area contributed by atoms with Crippen LogP contribution in [0.25, 0.3) is 0 Å². The highest BCUT2D eigenvalue weighted by Crippen LogP contribution is 2.30. The maximum atomic E-state index is 12.6. The van der Waals surface area contributed by atoms with Gasteiger partial charge in [0.25, 0.3) is 0 Å². The van der Waals surface area contributed by atoms with E-state index in [9.17, 15) is 18.0 Å². The first-order valence-corrected chi connectivity index (χ1v) is 10.5. The Hall–Kier alpha value is -2.38. The van der Waals surface area contributed by atoms with Gasteiger partial charge in [0.2, 0.25) is 11.8 Å². The Labute approximate surface area is 163 Å². The van der Waals surface area contributed by atoms with Crippen LogP contribution in [0.2, 0.25) is 5.02 Å². The highest BCUT2D eigenvalue weighted by atomic mass is 35.5. The number of sulfone groups is 1. The Kier molecular flexibility index (Phi) is 5.53. The molecule has 6 nitrogen and oxygen atoms in total. The SMILES string of the molecule is CC(=O)N1CCc2cc(S(=O)(=O)CCC(=O)Nc3cccc(Cl)c3)ccc21. The van der Waals surface area contributed by atoms with Gasteiger partial charge in [0.1, 0.15) is 0 Å². The average Bonchev–Trinajstić information content (AvgIpc) is 3.03. The summed E-state index contributed by atoms with van der Waals surface area (Å²) in [6.07, 6.45) is 0.457. The summed E-state index contributed by atoms with van der Waals surface area (Å²) in [5, 5.41) is 3.12. The molecule has 142 valence electrons. The Morgan fingerprint density at radius 1 is 1.19 bits per heavy atom. The third-order valence-electron chi connectivity index (χ3n) is 4.39. The molecule has 1 N–H and O–H groups in total. The summed E-state index contributed by atoms with van der Waals surface area (Å²) in [6.45, 7) is 2.04. The number of benzene rings is 2. The molecule has 0 spiro atoms. The van der Waals surface area contributed by atoms with Crippen molar-refractivity contribution in [3.05, 3.63) is 53.1 Å². The molecular weight excluding hydrogens is 388 g/mol. The largest absolute Gasteiger partial charge is 0.326 e. The zero-order valence-electron chi connectivity index (χ0n) is 14.7. The van der Waals surface area contributed by atoms with Gasteiger partial charge in [0.15, 0.2) is 9.84 Å². The van der Waals surface area contributed by atoms with Gasteiger partial charge in [0.05, 0.1) is 10.6 Å². The summed E-state index contributed by atoms with van der Waals surface area (Å²) in [5.41, 5.74) is 2.10. The molecule has 0 unspecified atom stereocenters. The Bertz CT molecular complexity index is 1000. The third-order valence-corrected chi connectivity index (χ3v) is 6.34. The average molecular weight is 407 g/mol. The van der Waals surface area contributed by atoms with Gasteiger partial charge >= 0.3 is 0 Å². The van der Waals surface area contributed by atoms with E-state index in [0.29, 0.717) is 23.7 Å². The molecule has 2 amide bonds.